The van der Waals surface area contributed by atoms with Gasteiger partial charge in [0, 0.05) is 17.6 Å². The van der Waals surface area contributed by atoms with Crippen molar-refractivity contribution in [1.29, 1.82) is 0 Å². The van der Waals surface area contributed by atoms with Gasteiger partial charge in [-0.25, -0.2) is 9.78 Å². The highest BCUT2D eigenvalue weighted by Crippen LogP contribution is 2.12. The van der Waals surface area contributed by atoms with Crippen LogP contribution in [0.25, 0.3) is 0 Å². The van der Waals surface area contributed by atoms with Gasteiger partial charge >= 0.3 is 6.03 Å². The summed E-state index contributed by atoms with van der Waals surface area (Å²) >= 11 is 0. The largest absolute Gasteiger partial charge is 0.351 e. The molecule has 1 heterocycles. The number of carbonyl (C=O) groups is 1. The Balaban J connectivity index is 0.00000162. The lowest BCUT2D eigenvalue weighted by molar-refractivity contribution is 0.259. The number of aryl methyl sites for hydroxylation is 2. The SMILES string of the molecule is Cl.NC(=O)Nc1cccc(CCc2cnc[nH]2)c1. The number of aromatic nitrogens is 2. The lowest BCUT2D eigenvalue weighted by Crippen LogP contribution is -2.19. The summed E-state index contributed by atoms with van der Waals surface area (Å²) in [6.07, 6.45) is 5.25. The molecule has 0 unspecified atom stereocenters. The first-order valence-electron chi connectivity index (χ1n) is 5.37. The third-order valence-electron chi connectivity index (χ3n) is 2.43. The van der Waals surface area contributed by atoms with E-state index in [0.717, 1.165) is 29.8 Å². The van der Waals surface area contributed by atoms with Crippen molar-refractivity contribution in [1.82, 2.24) is 9.97 Å². The molecule has 4 N–H and O–H groups in total. The molecular weight excluding hydrogens is 252 g/mol. The van der Waals surface area contributed by atoms with Crippen molar-refractivity contribution in [2.24, 2.45) is 5.73 Å². The zero-order chi connectivity index (χ0) is 12.1. The normalized spacial score (nSPS) is 9.56. The van der Waals surface area contributed by atoms with Crippen LogP contribution in [0.4, 0.5) is 10.5 Å². The van der Waals surface area contributed by atoms with E-state index in [-0.39, 0.29) is 12.4 Å². The Morgan fingerprint density at radius 1 is 1.39 bits per heavy atom. The first kappa shape index (κ1) is 14.1. The molecule has 0 atom stereocenters. The van der Waals surface area contributed by atoms with Gasteiger partial charge in [-0.15, -0.1) is 12.4 Å². The molecule has 2 aromatic rings. The van der Waals surface area contributed by atoms with Crippen molar-refractivity contribution in [3.63, 3.8) is 0 Å². The molecule has 5 nitrogen and oxygen atoms in total. The van der Waals surface area contributed by atoms with Gasteiger partial charge in [0.05, 0.1) is 6.33 Å². The molecule has 96 valence electrons. The van der Waals surface area contributed by atoms with Crippen molar-refractivity contribution >= 4 is 24.1 Å². The summed E-state index contributed by atoms with van der Waals surface area (Å²) in [4.78, 5) is 17.7. The smallest absolute Gasteiger partial charge is 0.316 e. The van der Waals surface area contributed by atoms with Crippen LogP contribution in [-0.2, 0) is 12.8 Å². The van der Waals surface area contributed by atoms with Gasteiger partial charge in [-0.1, -0.05) is 12.1 Å². The zero-order valence-electron chi connectivity index (χ0n) is 9.72. The number of urea groups is 1. The van der Waals surface area contributed by atoms with E-state index in [1.807, 2.05) is 30.5 Å². The topological polar surface area (TPSA) is 83.8 Å². The maximum absolute atomic E-state index is 10.7. The molecule has 0 aliphatic rings. The zero-order valence-corrected chi connectivity index (χ0v) is 10.5. The molecule has 1 aromatic heterocycles. The summed E-state index contributed by atoms with van der Waals surface area (Å²) in [5, 5.41) is 2.56. The predicted molar refractivity (Wildman–Crippen MR) is 72.9 cm³/mol. The Hall–Kier alpha value is -2.01. The van der Waals surface area contributed by atoms with E-state index in [1.54, 1.807) is 6.33 Å². The number of carbonyl (C=O) groups excluding carboxylic acids is 1. The van der Waals surface area contributed by atoms with Crippen molar-refractivity contribution in [3.8, 4) is 0 Å². The van der Waals surface area contributed by atoms with E-state index in [0.29, 0.717) is 0 Å². The standard InChI is InChI=1S/C12H14N4O.ClH/c13-12(17)16-10-3-1-2-9(6-10)4-5-11-7-14-8-15-11;/h1-3,6-8H,4-5H2,(H,14,15)(H3,13,16,17);1H. The minimum atomic E-state index is -0.546. The molecule has 0 saturated heterocycles. The average Bonchev–Trinajstić information content (AvgIpc) is 2.79. The first-order chi connectivity index (χ1) is 8.24. The van der Waals surface area contributed by atoms with Gasteiger partial charge in [0.1, 0.15) is 0 Å². The number of primary amides is 1. The number of hydrogen-bond donors (Lipinski definition) is 3. The van der Waals surface area contributed by atoms with Gasteiger partial charge in [-0.3, -0.25) is 0 Å². The summed E-state index contributed by atoms with van der Waals surface area (Å²) in [5.41, 5.74) is 8.02. The second kappa shape index (κ2) is 6.66. The monoisotopic (exact) mass is 266 g/mol. The predicted octanol–water partition coefficient (Wildman–Crippen LogP) is 2.11. The van der Waals surface area contributed by atoms with Crippen LogP contribution >= 0.6 is 12.4 Å². The van der Waals surface area contributed by atoms with E-state index in [2.05, 4.69) is 15.3 Å². The Labute approximate surface area is 111 Å². The number of benzene rings is 1. The number of hydrogen-bond acceptors (Lipinski definition) is 2. The summed E-state index contributed by atoms with van der Waals surface area (Å²) in [5.74, 6) is 0. The van der Waals surface area contributed by atoms with Crippen molar-refractivity contribution in [2.45, 2.75) is 12.8 Å². The van der Waals surface area contributed by atoms with Gasteiger partial charge in [0.15, 0.2) is 0 Å². The molecular formula is C12H15ClN4O. The van der Waals surface area contributed by atoms with Crippen molar-refractivity contribution < 1.29 is 4.79 Å². The fourth-order valence-corrected chi connectivity index (χ4v) is 1.65. The molecule has 2 amide bonds. The second-order valence-corrected chi connectivity index (χ2v) is 3.77. The van der Waals surface area contributed by atoms with Crippen LogP contribution in [-0.4, -0.2) is 16.0 Å². The van der Waals surface area contributed by atoms with Gasteiger partial charge in [0.25, 0.3) is 0 Å². The number of imidazole rings is 1. The Morgan fingerprint density at radius 3 is 2.89 bits per heavy atom. The van der Waals surface area contributed by atoms with E-state index < -0.39 is 6.03 Å². The molecule has 0 aliphatic heterocycles. The number of rotatable bonds is 4. The number of anilines is 1. The number of amides is 2. The summed E-state index contributed by atoms with van der Waals surface area (Å²) in [6.45, 7) is 0. The van der Waals surface area contributed by atoms with Crippen LogP contribution in [0.2, 0.25) is 0 Å². The van der Waals surface area contributed by atoms with Crippen LogP contribution in [0.15, 0.2) is 36.8 Å². The molecule has 1 aromatic carbocycles. The highest BCUT2D eigenvalue weighted by molar-refractivity contribution is 5.87. The van der Waals surface area contributed by atoms with E-state index >= 15 is 0 Å². The third kappa shape index (κ3) is 4.10. The Morgan fingerprint density at radius 2 is 2.22 bits per heavy atom. The van der Waals surface area contributed by atoms with Gasteiger partial charge in [-0.05, 0) is 30.5 Å². The molecule has 0 fully saturated rings. The lowest BCUT2D eigenvalue weighted by atomic mass is 10.1. The highest BCUT2D eigenvalue weighted by Gasteiger charge is 2.00. The summed E-state index contributed by atoms with van der Waals surface area (Å²) in [7, 11) is 0. The van der Waals surface area contributed by atoms with E-state index in [9.17, 15) is 4.79 Å². The molecule has 0 aliphatic carbocycles. The van der Waals surface area contributed by atoms with Gasteiger partial charge < -0.3 is 16.0 Å². The molecule has 2 rings (SSSR count). The quantitative estimate of drug-likeness (QED) is 0.792. The molecule has 18 heavy (non-hydrogen) atoms. The molecule has 0 radical (unpaired) electrons. The second-order valence-electron chi connectivity index (χ2n) is 3.77. The summed E-state index contributed by atoms with van der Waals surface area (Å²) in [6, 6.07) is 7.09. The van der Waals surface area contributed by atoms with E-state index in [4.69, 9.17) is 5.73 Å². The molecule has 0 saturated carbocycles. The number of halogens is 1. The van der Waals surface area contributed by atoms with Crippen LogP contribution in [0, 0.1) is 0 Å². The number of nitrogens with one attached hydrogen (secondary N) is 2. The highest BCUT2D eigenvalue weighted by atomic mass is 35.5. The maximum atomic E-state index is 10.7. The molecule has 0 spiro atoms. The molecule has 6 heteroatoms. The van der Waals surface area contributed by atoms with Crippen molar-refractivity contribution in [3.05, 3.63) is 48.0 Å². The fraction of sp³-hybridized carbons (Fsp3) is 0.167. The number of nitrogens with zero attached hydrogens (tertiary/aromatic N) is 1. The minimum Gasteiger partial charge on any atom is -0.351 e. The minimum absolute atomic E-state index is 0. The number of aromatic amines is 1. The average molecular weight is 267 g/mol. The Bertz CT molecular complexity index is 499. The first-order valence-corrected chi connectivity index (χ1v) is 5.37. The van der Waals surface area contributed by atoms with Gasteiger partial charge in [0.2, 0.25) is 0 Å². The third-order valence-corrected chi connectivity index (χ3v) is 2.43. The van der Waals surface area contributed by atoms with Crippen LogP contribution in [0.3, 0.4) is 0 Å². The lowest BCUT2D eigenvalue weighted by Gasteiger charge is -2.04. The summed E-state index contributed by atoms with van der Waals surface area (Å²) < 4.78 is 0. The van der Waals surface area contributed by atoms with Crippen molar-refractivity contribution in [2.75, 3.05) is 5.32 Å². The fourth-order valence-electron chi connectivity index (χ4n) is 1.65. The maximum Gasteiger partial charge on any atom is 0.316 e. The number of H-pyrrole nitrogens is 1. The van der Waals surface area contributed by atoms with E-state index in [1.165, 1.54) is 0 Å². The molecule has 0 bridgehead atoms. The Kier molecular flexibility index (Phi) is 5.20. The number of nitrogens with two attached hydrogens (primary N) is 1. The van der Waals surface area contributed by atoms with Crippen LogP contribution in [0.5, 0.6) is 0 Å². The van der Waals surface area contributed by atoms with Crippen LogP contribution < -0.4 is 11.1 Å². The van der Waals surface area contributed by atoms with Gasteiger partial charge in [-0.2, -0.15) is 0 Å². The van der Waals surface area contributed by atoms with Crippen LogP contribution in [0.1, 0.15) is 11.3 Å².